The van der Waals surface area contributed by atoms with Crippen molar-refractivity contribution in [3.8, 4) is 5.75 Å². The summed E-state index contributed by atoms with van der Waals surface area (Å²) in [5.41, 5.74) is -0.0558. The van der Waals surface area contributed by atoms with Crippen molar-refractivity contribution >= 4 is 17.6 Å². The zero-order valence-electron chi connectivity index (χ0n) is 14.0. The van der Waals surface area contributed by atoms with Gasteiger partial charge in [-0.05, 0) is 23.8 Å². The molecule has 0 saturated heterocycles. The summed E-state index contributed by atoms with van der Waals surface area (Å²) in [5, 5.41) is 2.56. The molecule has 138 valence electrons. The monoisotopic (exact) mass is 367 g/mol. The summed E-state index contributed by atoms with van der Waals surface area (Å²) in [7, 11) is 2.59. The van der Waals surface area contributed by atoms with Crippen LogP contribution in [-0.2, 0) is 22.1 Å². The third-order valence-corrected chi connectivity index (χ3v) is 3.51. The Morgan fingerprint density at radius 3 is 2.42 bits per heavy atom. The molecule has 0 unspecified atom stereocenters. The van der Waals surface area contributed by atoms with Crippen LogP contribution < -0.4 is 10.1 Å². The summed E-state index contributed by atoms with van der Waals surface area (Å²) in [5.74, 6) is -0.894. The van der Waals surface area contributed by atoms with Gasteiger partial charge in [-0.25, -0.2) is 4.79 Å². The van der Waals surface area contributed by atoms with Crippen molar-refractivity contribution in [3.63, 3.8) is 0 Å². The van der Waals surface area contributed by atoms with E-state index in [2.05, 4.69) is 10.1 Å². The van der Waals surface area contributed by atoms with E-state index in [4.69, 9.17) is 4.74 Å². The molecule has 8 heteroatoms. The number of halogens is 3. The van der Waals surface area contributed by atoms with Crippen LogP contribution in [0.25, 0.3) is 0 Å². The number of benzene rings is 2. The lowest BCUT2D eigenvalue weighted by atomic mass is 10.1. The first-order valence-electron chi connectivity index (χ1n) is 7.47. The minimum Gasteiger partial charge on any atom is -0.496 e. The summed E-state index contributed by atoms with van der Waals surface area (Å²) in [4.78, 5) is 23.7. The van der Waals surface area contributed by atoms with Crippen molar-refractivity contribution < 1.29 is 32.2 Å². The van der Waals surface area contributed by atoms with E-state index in [9.17, 15) is 22.8 Å². The van der Waals surface area contributed by atoms with Crippen LogP contribution in [0.4, 0.5) is 18.9 Å². The highest BCUT2D eigenvalue weighted by Gasteiger charge is 2.30. The van der Waals surface area contributed by atoms with Gasteiger partial charge >= 0.3 is 12.1 Å². The van der Waals surface area contributed by atoms with Crippen molar-refractivity contribution in [2.75, 3.05) is 19.5 Å². The first-order chi connectivity index (χ1) is 12.2. The lowest BCUT2D eigenvalue weighted by molar-refractivity contribution is -0.137. The molecule has 0 fully saturated rings. The Balaban J connectivity index is 2.12. The SMILES string of the molecule is COC(=O)c1ccc(NC(=O)Cc2cccc(C(F)(F)F)c2)cc1OC. The van der Waals surface area contributed by atoms with Crippen LogP contribution in [0.2, 0.25) is 0 Å². The number of nitrogens with one attached hydrogen (secondary N) is 1. The van der Waals surface area contributed by atoms with Gasteiger partial charge in [0, 0.05) is 11.8 Å². The fraction of sp³-hybridized carbons (Fsp3) is 0.222. The van der Waals surface area contributed by atoms with E-state index in [1.807, 2.05) is 0 Å². The topological polar surface area (TPSA) is 64.6 Å². The summed E-state index contributed by atoms with van der Waals surface area (Å²) in [6.45, 7) is 0. The smallest absolute Gasteiger partial charge is 0.416 e. The number of alkyl halides is 3. The van der Waals surface area contributed by atoms with Gasteiger partial charge < -0.3 is 14.8 Å². The fourth-order valence-corrected chi connectivity index (χ4v) is 2.30. The molecule has 0 aromatic heterocycles. The molecule has 26 heavy (non-hydrogen) atoms. The lowest BCUT2D eigenvalue weighted by Crippen LogP contribution is -2.15. The van der Waals surface area contributed by atoms with Crippen LogP contribution in [0.3, 0.4) is 0 Å². The van der Waals surface area contributed by atoms with Crippen molar-refractivity contribution in [2.45, 2.75) is 12.6 Å². The van der Waals surface area contributed by atoms with Crippen LogP contribution in [0.5, 0.6) is 5.75 Å². The summed E-state index contributed by atoms with van der Waals surface area (Å²) in [6, 6.07) is 8.88. The van der Waals surface area contributed by atoms with Gasteiger partial charge in [-0.2, -0.15) is 13.2 Å². The summed E-state index contributed by atoms with van der Waals surface area (Å²) < 4.78 is 47.9. The van der Waals surface area contributed by atoms with Crippen molar-refractivity contribution in [1.82, 2.24) is 0 Å². The predicted molar refractivity (Wildman–Crippen MR) is 88.1 cm³/mol. The summed E-state index contributed by atoms with van der Waals surface area (Å²) in [6.07, 6.45) is -4.70. The first-order valence-corrected chi connectivity index (χ1v) is 7.47. The number of carbonyl (C=O) groups is 2. The Bertz CT molecular complexity index is 818. The second-order valence-electron chi connectivity index (χ2n) is 5.33. The van der Waals surface area contributed by atoms with E-state index >= 15 is 0 Å². The Morgan fingerprint density at radius 2 is 1.81 bits per heavy atom. The number of anilines is 1. The molecule has 0 spiro atoms. The van der Waals surface area contributed by atoms with Gasteiger partial charge in [-0.1, -0.05) is 18.2 Å². The largest absolute Gasteiger partial charge is 0.496 e. The van der Waals surface area contributed by atoms with Crippen molar-refractivity contribution in [1.29, 1.82) is 0 Å². The van der Waals surface area contributed by atoms with E-state index in [0.717, 1.165) is 12.1 Å². The lowest BCUT2D eigenvalue weighted by Gasteiger charge is -2.11. The standard InChI is InChI=1S/C18H16F3NO4/c1-25-15-10-13(6-7-14(15)17(24)26-2)22-16(23)9-11-4-3-5-12(8-11)18(19,20)21/h3-8,10H,9H2,1-2H3,(H,22,23). The van der Waals surface area contributed by atoms with Crippen LogP contribution in [0, 0.1) is 0 Å². The van der Waals surface area contributed by atoms with Crippen LogP contribution >= 0.6 is 0 Å². The predicted octanol–water partition coefficient (Wildman–Crippen LogP) is 3.68. The van der Waals surface area contributed by atoms with Gasteiger partial charge in [0.25, 0.3) is 0 Å². The number of esters is 1. The molecular weight excluding hydrogens is 351 g/mol. The summed E-state index contributed by atoms with van der Waals surface area (Å²) >= 11 is 0. The van der Waals surface area contributed by atoms with Crippen molar-refractivity contribution in [2.24, 2.45) is 0 Å². The van der Waals surface area contributed by atoms with E-state index in [0.29, 0.717) is 5.69 Å². The molecular formula is C18H16F3NO4. The number of methoxy groups -OCH3 is 2. The minimum atomic E-state index is -4.47. The molecule has 2 aromatic rings. The maximum atomic E-state index is 12.7. The van der Waals surface area contributed by atoms with Gasteiger partial charge in [0.2, 0.25) is 5.91 Å². The minimum absolute atomic E-state index is 0.186. The molecule has 0 saturated carbocycles. The molecule has 0 atom stereocenters. The average Bonchev–Trinajstić information content (AvgIpc) is 2.60. The van der Waals surface area contributed by atoms with Gasteiger partial charge in [-0.3, -0.25) is 4.79 Å². The number of hydrogen-bond donors (Lipinski definition) is 1. The number of carbonyl (C=O) groups excluding carboxylic acids is 2. The Hall–Kier alpha value is -3.03. The van der Waals surface area contributed by atoms with E-state index in [-0.39, 0.29) is 23.3 Å². The molecule has 0 radical (unpaired) electrons. The average molecular weight is 367 g/mol. The Kier molecular flexibility index (Phi) is 5.86. The second-order valence-corrected chi connectivity index (χ2v) is 5.33. The van der Waals surface area contributed by atoms with E-state index < -0.39 is 23.6 Å². The molecule has 1 amide bonds. The first kappa shape index (κ1) is 19.3. The molecule has 0 bridgehead atoms. The number of hydrogen-bond acceptors (Lipinski definition) is 4. The highest BCUT2D eigenvalue weighted by atomic mass is 19.4. The fourth-order valence-electron chi connectivity index (χ4n) is 2.30. The van der Waals surface area contributed by atoms with Crippen LogP contribution in [0.1, 0.15) is 21.5 Å². The number of amides is 1. The Morgan fingerprint density at radius 1 is 1.08 bits per heavy atom. The maximum absolute atomic E-state index is 12.7. The molecule has 1 N–H and O–H groups in total. The van der Waals surface area contributed by atoms with E-state index in [1.54, 1.807) is 0 Å². The number of rotatable bonds is 5. The zero-order chi connectivity index (χ0) is 19.3. The van der Waals surface area contributed by atoms with Crippen molar-refractivity contribution in [3.05, 3.63) is 59.2 Å². The van der Waals surface area contributed by atoms with Gasteiger partial charge in [0.1, 0.15) is 11.3 Å². The zero-order valence-corrected chi connectivity index (χ0v) is 14.0. The molecule has 5 nitrogen and oxygen atoms in total. The van der Waals surface area contributed by atoms with Crippen LogP contribution in [0.15, 0.2) is 42.5 Å². The molecule has 0 aliphatic rings. The van der Waals surface area contributed by atoms with Gasteiger partial charge in [-0.15, -0.1) is 0 Å². The van der Waals surface area contributed by atoms with E-state index in [1.165, 1.54) is 44.6 Å². The second kappa shape index (κ2) is 7.90. The van der Waals surface area contributed by atoms with Gasteiger partial charge in [0.05, 0.1) is 26.2 Å². The molecule has 0 heterocycles. The molecule has 2 aromatic carbocycles. The number of ether oxygens (including phenoxy) is 2. The molecule has 2 rings (SSSR count). The molecule has 0 aliphatic carbocycles. The van der Waals surface area contributed by atoms with Gasteiger partial charge in [0.15, 0.2) is 0 Å². The quantitative estimate of drug-likeness (QED) is 0.819. The van der Waals surface area contributed by atoms with Crippen LogP contribution in [-0.4, -0.2) is 26.1 Å². The Labute approximate surface area is 147 Å². The normalized spacial score (nSPS) is 11.0. The highest BCUT2D eigenvalue weighted by Crippen LogP contribution is 2.29. The highest BCUT2D eigenvalue weighted by molar-refractivity contribution is 5.96. The maximum Gasteiger partial charge on any atom is 0.416 e. The third kappa shape index (κ3) is 4.75. The molecule has 0 aliphatic heterocycles. The third-order valence-electron chi connectivity index (χ3n) is 3.51.